The van der Waals surface area contributed by atoms with E-state index in [-0.39, 0.29) is 11.9 Å². The van der Waals surface area contributed by atoms with E-state index in [1.165, 1.54) is 25.7 Å². The van der Waals surface area contributed by atoms with Crippen LogP contribution in [0, 0.1) is 5.92 Å². The Morgan fingerprint density at radius 3 is 2.80 bits per heavy atom. The average molecular weight is 296 g/mol. The Morgan fingerprint density at radius 2 is 2.05 bits per heavy atom. The summed E-state index contributed by atoms with van der Waals surface area (Å²) in [5.74, 6) is 0.979. The average Bonchev–Trinajstić information content (AvgIpc) is 2.64. The first kappa shape index (κ1) is 15.1. The molecule has 110 valence electrons. The van der Waals surface area contributed by atoms with Crippen LogP contribution >= 0.6 is 11.6 Å². The molecule has 1 aromatic heterocycles. The molecule has 20 heavy (non-hydrogen) atoms. The van der Waals surface area contributed by atoms with Crippen molar-refractivity contribution in [2.24, 2.45) is 5.92 Å². The standard InChI is InChI=1S/C15H22ClN3O/c1-10-6-4-3-5-7-12(10)18-15(20)14-11(16)8-9-13(17-2)19-14/h8-10,12H,3-7H2,1-2H3,(H,17,19)(H,18,20). The van der Waals surface area contributed by atoms with Crippen LogP contribution in [0.25, 0.3) is 0 Å². The van der Waals surface area contributed by atoms with Gasteiger partial charge in [0.15, 0.2) is 0 Å². The first-order valence-corrected chi connectivity index (χ1v) is 7.64. The molecule has 1 saturated carbocycles. The summed E-state index contributed by atoms with van der Waals surface area (Å²) < 4.78 is 0. The monoisotopic (exact) mass is 295 g/mol. The maximum absolute atomic E-state index is 12.4. The Labute approximate surface area is 125 Å². The van der Waals surface area contributed by atoms with E-state index in [0.717, 1.165) is 6.42 Å². The minimum Gasteiger partial charge on any atom is -0.373 e. The van der Waals surface area contributed by atoms with Crippen molar-refractivity contribution in [2.45, 2.75) is 45.1 Å². The van der Waals surface area contributed by atoms with E-state index >= 15 is 0 Å². The van der Waals surface area contributed by atoms with Gasteiger partial charge in [0, 0.05) is 13.1 Å². The third-order valence-corrected chi connectivity index (χ3v) is 4.30. The fraction of sp³-hybridized carbons (Fsp3) is 0.600. The molecule has 2 unspecified atom stereocenters. The van der Waals surface area contributed by atoms with E-state index in [4.69, 9.17) is 11.6 Å². The van der Waals surface area contributed by atoms with Crippen LogP contribution in [0.5, 0.6) is 0 Å². The Balaban J connectivity index is 2.10. The van der Waals surface area contributed by atoms with E-state index < -0.39 is 0 Å². The number of nitrogens with zero attached hydrogens (tertiary/aromatic N) is 1. The maximum atomic E-state index is 12.4. The molecule has 2 N–H and O–H groups in total. The molecule has 5 heteroatoms. The predicted molar refractivity (Wildman–Crippen MR) is 82.3 cm³/mol. The van der Waals surface area contributed by atoms with Gasteiger partial charge in [-0.25, -0.2) is 4.98 Å². The predicted octanol–water partition coefficient (Wildman–Crippen LogP) is 3.48. The van der Waals surface area contributed by atoms with E-state index in [2.05, 4.69) is 22.5 Å². The molecular weight excluding hydrogens is 274 g/mol. The summed E-state index contributed by atoms with van der Waals surface area (Å²) in [6.07, 6.45) is 5.89. The lowest BCUT2D eigenvalue weighted by Crippen LogP contribution is -2.39. The smallest absolute Gasteiger partial charge is 0.271 e. The van der Waals surface area contributed by atoms with Gasteiger partial charge in [0.1, 0.15) is 11.5 Å². The van der Waals surface area contributed by atoms with E-state index in [1.54, 1.807) is 19.2 Å². The quantitative estimate of drug-likeness (QED) is 0.840. The van der Waals surface area contributed by atoms with Crippen molar-refractivity contribution < 1.29 is 4.79 Å². The second kappa shape index (κ2) is 6.93. The molecule has 0 bridgehead atoms. The van der Waals surface area contributed by atoms with Crippen LogP contribution in [-0.4, -0.2) is 24.0 Å². The molecule has 0 spiro atoms. The molecule has 4 nitrogen and oxygen atoms in total. The number of rotatable bonds is 3. The molecule has 1 aliphatic carbocycles. The van der Waals surface area contributed by atoms with Gasteiger partial charge in [0.05, 0.1) is 5.02 Å². The summed E-state index contributed by atoms with van der Waals surface area (Å²) >= 11 is 6.08. The SMILES string of the molecule is CNc1ccc(Cl)c(C(=O)NC2CCCCCC2C)n1. The highest BCUT2D eigenvalue weighted by Crippen LogP contribution is 2.24. The summed E-state index contributed by atoms with van der Waals surface area (Å²) in [7, 11) is 1.77. The first-order valence-electron chi connectivity index (χ1n) is 7.27. The lowest BCUT2D eigenvalue weighted by atomic mass is 9.97. The highest BCUT2D eigenvalue weighted by molar-refractivity contribution is 6.33. The normalized spacial score (nSPS) is 22.9. The van der Waals surface area contributed by atoms with E-state index in [1.807, 2.05) is 0 Å². The number of carbonyl (C=O) groups is 1. The molecule has 2 rings (SSSR count). The highest BCUT2D eigenvalue weighted by atomic mass is 35.5. The van der Waals surface area contributed by atoms with Crippen molar-refractivity contribution in [1.29, 1.82) is 0 Å². The molecule has 0 aromatic carbocycles. The lowest BCUT2D eigenvalue weighted by Gasteiger charge is -2.22. The van der Waals surface area contributed by atoms with E-state index in [0.29, 0.717) is 22.5 Å². The second-order valence-electron chi connectivity index (χ2n) is 5.47. The summed E-state index contributed by atoms with van der Waals surface area (Å²) in [5.41, 5.74) is 0.301. The number of amides is 1. The molecule has 0 aliphatic heterocycles. The summed E-state index contributed by atoms with van der Waals surface area (Å²) in [6, 6.07) is 3.68. The molecule has 1 amide bonds. The Bertz CT molecular complexity index is 478. The number of nitrogens with one attached hydrogen (secondary N) is 2. The third-order valence-electron chi connectivity index (χ3n) is 4.00. The summed E-state index contributed by atoms with van der Waals surface area (Å²) in [4.78, 5) is 16.6. The molecule has 0 radical (unpaired) electrons. The molecule has 2 atom stereocenters. The maximum Gasteiger partial charge on any atom is 0.271 e. The van der Waals surface area contributed by atoms with Gasteiger partial charge in [-0.05, 0) is 30.9 Å². The first-order chi connectivity index (χ1) is 9.61. The van der Waals surface area contributed by atoms with Gasteiger partial charge in [-0.2, -0.15) is 0 Å². The number of hydrogen-bond acceptors (Lipinski definition) is 3. The van der Waals surface area contributed by atoms with Crippen molar-refractivity contribution in [3.63, 3.8) is 0 Å². The van der Waals surface area contributed by atoms with Crippen molar-refractivity contribution >= 4 is 23.3 Å². The van der Waals surface area contributed by atoms with Crippen molar-refractivity contribution in [3.05, 3.63) is 22.8 Å². The largest absolute Gasteiger partial charge is 0.373 e. The molecule has 0 saturated heterocycles. The minimum atomic E-state index is -0.175. The number of hydrogen-bond donors (Lipinski definition) is 2. The Morgan fingerprint density at radius 1 is 1.30 bits per heavy atom. The molecule has 1 heterocycles. The number of halogens is 1. The summed E-state index contributed by atoms with van der Waals surface area (Å²) in [5, 5.41) is 6.42. The zero-order chi connectivity index (χ0) is 14.5. The second-order valence-corrected chi connectivity index (χ2v) is 5.88. The van der Waals surface area contributed by atoms with Gasteiger partial charge in [-0.15, -0.1) is 0 Å². The van der Waals surface area contributed by atoms with Gasteiger partial charge < -0.3 is 10.6 Å². The fourth-order valence-corrected chi connectivity index (χ4v) is 2.88. The van der Waals surface area contributed by atoms with Crippen LogP contribution < -0.4 is 10.6 Å². The van der Waals surface area contributed by atoms with Crippen molar-refractivity contribution in [3.8, 4) is 0 Å². The van der Waals surface area contributed by atoms with E-state index in [9.17, 15) is 4.79 Å². The zero-order valence-corrected chi connectivity index (χ0v) is 12.8. The van der Waals surface area contributed by atoms with Crippen LogP contribution in [-0.2, 0) is 0 Å². The van der Waals surface area contributed by atoms with Gasteiger partial charge in [-0.1, -0.05) is 37.8 Å². The topological polar surface area (TPSA) is 54.0 Å². The highest BCUT2D eigenvalue weighted by Gasteiger charge is 2.23. The Hall–Kier alpha value is -1.29. The molecule has 1 aromatic rings. The fourth-order valence-electron chi connectivity index (χ4n) is 2.68. The number of aromatic nitrogens is 1. The van der Waals surface area contributed by atoms with Crippen LogP contribution in [0.2, 0.25) is 5.02 Å². The lowest BCUT2D eigenvalue weighted by molar-refractivity contribution is 0.0917. The number of pyridine rings is 1. The minimum absolute atomic E-state index is 0.175. The van der Waals surface area contributed by atoms with Gasteiger partial charge in [0.2, 0.25) is 0 Å². The van der Waals surface area contributed by atoms with Gasteiger partial charge >= 0.3 is 0 Å². The Kier molecular flexibility index (Phi) is 5.24. The molecule has 1 fully saturated rings. The molecular formula is C15H22ClN3O. The number of carbonyl (C=O) groups excluding carboxylic acids is 1. The van der Waals surface area contributed by atoms with Crippen LogP contribution in [0.1, 0.15) is 49.5 Å². The van der Waals surface area contributed by atoms with Crippen LogP contribution in [0.15, 0.2) is 12.1 Å². The van der Waals surface area contributed by atoms with Gasteiger partial charge in [0.25, 0.3) is 5.91 Å². The van der Waals surface area contributed by atoms with Crippen LogP contribution in [0.3, 0.4) is 0 Å². The van der Waals surface area contributed by atoms with Crippen molar-refractivity contribution in [1.82, 2.24) is 10.3 Å². The third kappa shape index (κ3) is 3.63. The molecule has 1 aliphatic rings. The van der Waals surface area contributed by atoms with Crippen molar-refractivity contribution in [2.75, 3.05) is 12.4 Å². The summed E-state index contributed by atoms with van der Waals surface area (Å²) in [6.45, 7) is 2.20. The number of anilines is 1. The van der Waals surface area contributed by atoms with Gasteiger partial charge in [-0.3, -0.25) is 4.79 Å². The van der Waals surface area contributed by atoms with Crippen LogP contribution in [0.4, 0.5) is 5.82 Å². The zero-order valence-electron chi connectivity index (χ0n) is 12.1.